The van der Waals surface area contributed by atoms with Crippen LogP contribution in [-0.2, 0) is 13.1 Å². The van der Waals surface area contributed by atoms with E-state index in [4.69, 9.17) is 4.74 Å². The molecule has 1 atom stereocenters. The normalized spacial score (nSPS) is 12.5. The molecule has 1 unspecified atom stereocenters. The number of rotatable bonds is 5. The van der Waals surface area contributed by atoms with Gasteiger partial charge in [-0.3, -0.25) is 9.20 Å². The van der Waals surface area contributed by atoms with Crippen molar-refractivity contribution in [2.24, 2.45) is 0 Å². The third kappa shape index (κ3) is 3.43. The van der Waals surface area contributed by atoms with Gasteiger partial charge in [-0.25, -0.2) is 4.98 Å². The molecule has 0 saturated carbocycles. The number of ether oxygens (including phenoxy) is 1. The van der Waals surface area contributed by atoms with Crippen LogP contribution in [-0.4, -0.2) is 23.5 Å². The molecule has 6 heteroatoms. The van der Waals surface area contributed by atoms with Gasteiger partial charge in [-0.1, -0.05) is 11.6 Å². The highest BCUT2D eigenvalue weighted by Gasteiger charge is 2.12. The van der Waals surface area contributed by atoms with Crippen LogP contribution in [0, 0.1) is 6.92 Å². The number of aromatic nitrogens is 2. The van der Waals surface area contributed by atoms with Gasteiger partial charge in [0.1, 0.15) is 24.5 Å². The van der Waals surface area contributed by atoms with Crippen molar-refractivity contribution in [2.75, 3.05) is 14.2 Å². The van der Waals surface area contributed by atoms with Gasteiger partial charge in [0.05, 0.1) is 14.2 Å². The minimum absolute atomic E-state index is 0.0211. The Balaban J connectivity index is 1.79. The molecule has 1 N–H and O–H groups in total. The summed E-state index contributed by atoms with van der Waals surface area (Å²) in [6, 6.07) is 7.81. The van der Waals surface area contributed by atoms with Gasteiger partial charge in [0, 0.05) is 23.2 Å². The maximum atomic E-state index is 12.0. The third-order valence-corrected chi connectivity index (χ3v) is 4.52. The molecule has 0 aliphatic rings. The van der Waals surface area contributed by atoms with Crippen LogP contribution in [0.25, 0.3) is 4.96 Å². The first-order valence-electron chi connectivity index (χ1n) is 7.47. The predicted octanol–water partition coefficient (Wildman–Crippen LogP) is 1.29. The second-order valence-electron chi connectivity index (χ2n) is 5.77. The second-order valence-corrected chi connectivity index (χ2v) is 6.64. The summed E-state index contributed by atoms with van der Waals surface area (Å²) in [5.41, 5.74) is 3.18. The minimum atomic E-state index is -0.0211. The monoisotopic (exact) mass is 330 g/mol. The Bertz CT molecular complexity index is 885. The van der Waals surface area contributed by atoms with Gasteiger partial charge < -0.3 is 9.64 Å². The van der Waals surface area contributed by atoms with Crippen molar-refractivity contribution < 1.29 is 9.64 Å². The van der Waals surface area contributed by atoms with Gasteiger partial charge in [-0.15, -0.1) is 11.3 Å². The summed E-state index contributed by atoms with van der Waals surface area (Å²) in [4.78, 5) is 18.6. The van der Waals surface area contributed by atoms with E-state index in [-0.39, 0.29) is 5.56 Å². The average molecular weight is 330 g/mol. The molecular formula is C17H20N3O2S+. The highest BCUT2D eigenvalue weighted by molar-refractivity contribution is 7.15. The molecule has 3 rings (SSSR count). The minimum Gasteiger partial charge on any atom is -0.496 e. The molecule has 2 aromatic heterocycles. The number of hydrogen-bond donors (Lipinski definition) is 1. The van der Waals surface area contributed by atoms with E-state index in [1.54, 1.807) is 23.8 Å². The average Bonchev–Trinajstić information content (AvgIpc) is 2.96. The van der Waals surface area contributed by atoms with E-state index in [9.17, 15) is 4.79 Å². The van der Waals surface area contributed by atoms with Crippen LogP contribution in [0.1, 0.15) is 16.8 Å². The number of quaternary nitrogens is 1. The first kappa shape index (κ1) is 15.7. The smallest absolute Gasteiger partial charge is 0.258 e. The van der Waals surface area contributed by atoms with Crippen molar-refractivity contribution in [3.05, 3.63) is 63.0 Å². The molecule has 0 radical (unpaired) electrons. The standard InChI is InChI=1S/C17H19N3O2S/c1-12-4-5-15(22-3)13(8-12)10-19(2)11-14-9-16(21)20-6-7-23-17(20)18-14/h4-9H,10-11H2,1-3H3/p+1. The topological polar surface area (TPSA) is 48.0 Å². The molecule has 0 aliphatic carbocycles. The Morgan fingerprint density at radius 3 is 2.91 bits per heavy atom. The van der Waals surface area contributed by atoms with Crippen molar-refractivity contribution in [1.82, 2.24) is 9.38 Å². The highest BCUT2D eigenvalue weighted by atomic mass is 32.1. The fourth-order valence-electron chi connectivity index (χ4n) is 2.72. The first-order valence-corrected chi connectivity index (χ1v) is 8.35. The number of nitrogens with zero attached hydrogens (tertiary/aromatic N) is 2. The van der Waals surface area contributed by atoms with E-state index in [0.717, 1.165) is 22.9 Å². The maximum absolute atomic E-state index is 12.0. The van der Waals surface area contributed by atoms with Gasteiger partial charge in [-0.2, -0.15) is 0 Å². The molecule has 0 bridgehead atoms. The Hall–Kier alpha value is -2.18. The zero-order valence-corrected chi connectivity index (χ0v) is 14.3. The molecule has 0 amide bonds. The number of aryl methyl sites for hydroxylation is 1. The van der Waals surface area contributed by atoms with Crippen molar-refractivity contribution >= 4 is 16.3 Å². The van der Waals surface area contributed by atoms with Gasteiger partial charge in [-0.05, 0) is 19.1 Å². The number of methoxy groups -OCH3 is 1. The Morgan fingerprint density at radius 2 is 2.13 bits per heavy atom. The number of fused-ring (bicyclic) bond motifs is 1. The molecular weight excluding hydrogens is 310 g/mol. The fourth-order valence-corrected chi connectivity index (χ4v) is 3.46. The summed E-state index contributed by atoms with van der Waals surface area (Å²) >= 11 is 1.48. The van der Waals surface area contributed by atoms with Crippen LogP contribution < -0.4 is 15.2 Å². The molecule has 2 heterocycles. The Labute approximate surface area is 138 Å². The van der Waals surface area contributed by atoms with Crippen LogP contribution in [0.15, 0.2) is 40.6 Å². The van der Waals surface area contributed by atoms with Gasteiger partial charge in [0.15, 0.2) is 4.96 Å². The van der Waals surface area contributed by atoms with E-state index in [0.29, 0.717) is 6.54 Å². The largest absolute Gasteiger partial charge is 0.496 e. The van der Waals surface area contributed by atoms with Crippen molar-refractivity contribution in [3.63, 3.8) is 0 Å². The number of benzene rings is 1. The lowest BCUT2D eigenvalue weighted by Crippen LogP contribution is -3.06. The summed E-state index contributed by atoms with van der Waals surface area (Å²) in [6.07, 6.45) is 1.76. The summed E-state index contributed by atoms with van der Waals surface area (Å²) in [5.74, 6) is 0.900. The lowest BCUT2D eigenvalue weighted by Gasteiger charge is -2.16. The van der Waals surface area contributed by atoms with Crippen molar-refractivity contribution in [2.45, 2.75) is 20.0 Å². The molecule has 5 nitrogen and oxygen atoms in total. The van der Waals surface area contributed by atoms with E-state index in [2.05, 4.69) is 25.0 Å². The van der Waals surface area contributed by atoms with E-state index >= 15 is 0 Å². The highest BCUT2D eigenvalue weighted by Crippen LogP contribution is 2.18. The SMILES string of the molecule is COc1ccc(C)cc1C[NH+](C)Cc1cc(=O)n2ccsc2n1. The second kappa shape index (κ2) is 6.52. The summed E-state index contributed by atoms with van der Waals surface area (Å²) in [7, 11) is 3.79. The first-order chi connectivity index (χ1) is 11.1. The molecule has 1 aromatic carbocycles. The van der Waals surface area contributed by atoms with E-state index in [1.807, 2.05) is 17.5 Å². The van der Waals surface area contributed by atoms with Crippen LogP contribution >= 0.6 is 11.3 Å². The van der Waals surface area contributed by atoms with Crippen molar-refractivity contribution in [1.29, 1.82) is 0 Å². The lowest BCUT2D eigenvalue weighted by molar-refractivity contribution is -0.908. The molecule has 3 aromatic rings. The molecule has 0 aliphatic heterocycles. The molecule has 0 spiro atoms. The van der Waals surface area contributed by atoms with Gasteiger partial charge in [0.2, 0.25) is 0 Å². The maximum Gasteiger partial charge on any atom is 0.258 e. The van der Waals surface area contributed by atoms with Gasteiger partial charge in [0.25, 0.3) is 5.56 Å². The predicted molar refractivity (Wildman–Crippen MR) is 91.4 cm³/mol. The van der Waals surface area contributed by atoms with Crippen molar-refractivity contribution in [3.8, 4) is 5.75 Å². The summed E-state index contributed by atoms with van der Waals surface area (Å²) < 4.78 is 7.01. The quantitative estimate of drug-likeness (QED) is 0.767. The molecule has 0 saturated heterocycles. The number of thiazole rings is 1. The van der Waals surface area contributed by atoms with E-state index < -0.39 is 0 Å². The zero-order chi connectivity index (χ0) is 16.4. The summed E-state index contributed by atoms with van der Waals surface area (Å²) in [5, 5.41) is 1.88. The Kier molecular flexibility index (Phi) is 4.45. The van der Waals surface area contributed by atoms with Gasteiger partial charge >= 0.3 is 0 Å². The van der Waals surface area contributed by atoms with Crippen LogP contribution in [0.5, 0.6) is 5.75 Å². The fraction of sp³-hybridized carbons (Fsp3) is 0.294. The molecule has 120 valence electrons. The van der Waals surface area contributed by atoms with Crippen LogP contribution in [0.4, 0.5) is 0 Å². The molecule has 0 fully saturated rings. The summed E-state index contributed by atoms with van der Waals surface area (Å²) in [6.45, 7) is 3.59. The number of hydrogen-bond acceptors (Lipinski definition) is 4. The third-order valence-electron chi connectivity index (χ3n) is 3.77. The molecule has 23 heavy (non-hydrogen) atoms. The zero-order valence-electron chi connectivity index (χ0n) is 13.5. The Morgan fingerprint density at radius 1 is 1.30 bits per heavy atom. The van der Waals surface area contributed by atoms with Crippen LogP contribution in [0.3, 0.4) is 0 Å². The lowest BCUT2D eigenvalue weighted by atomic mass is 10.1. The number of nitrogens with one attached hydrogen (secondary N) is 1. The van der Waals surface area contributed by atoms with Crippen LogP contribution in [0.2, 0.25) is 0 Å². The van der Waals surface area contributed by atoms with E-state index in [1.165, 1.54) is 27.4 Å².